The Kier molecular flexibility index (Phi) is 4.55. The third-order valence-corrected chi connectivity index (χ3v) is 3.97. The van der Waals surface area contributed by atoms with Gasteiger partial charge in [0.1, 0.15) is 5.75 Å². The Hall–Kier alpha value is -0.670. The zero-order valence-corrected chi connectivity index (χ0v) is 10.6. The second kappa shape index (κ2) is 6.16. The first kappa shape index (κ1) is 11.8. The van der Waals surface area contributed by atoms with E-state index in [-0.39, 0.29) is 0 Å². The van der Waals surface area contributed by atoms with E-state index in [1.165, 1.54) is 24.3 Å². The largest absolute Gasteiger partial charge is 0.494 e. The SMILES string of the molecule is CCOc1ccc(SC2CCCNC2)cc1. The van der Waals surface area contributed by atoms with Gasteiger partial charge in [-0.15, -0.1) is 11.8 Å². The number of rotatable bonds is 4. The zero-order valence-electron chi connectivity index (χ0n) is 9.74. The molecule has 1 N–H and O–H groups in total. The maximum Gasteiger partial charge on any atom is 0.119 e. The summed E-state index contributed by atoms with van der Waals surface area (Å²) in [6.45, 7) is 5.06. The number of hydrogen-bond acceptors (Lipinski definition) is 3. The summed E-state index contributed by atoms with van der Waals surface area (Å²) < 4.78 is 5.43. The van der Waals surface area contributed by atoms with Gasteiger partial charge in [0.2, 0.25) is 0 Å². The Balaban J connectivity index is 1.88. The molecule has 1 aromatic carbocycles. The fraction of sp³-hybridized carbons (Fsp3) is 0.538. The molecule has 2 rings (SSSR count). The summed E-state index contributed by atoms with van der Waals surface area (Å²) >= 11 is 1.97. The van der Waals surface area contributed by atoms with Crippen molar-refractivity contribution in [3.8, 4) is 5.75 Å². The molecule has 1 fully saturated rings. The molecule has 16 heavy (non-hydrogen) atoms. The van der Waals surface area contributed by atoms with Crippen LogP contribution in [-0.4, -0.2) is 24.9 Å². The average Bonchev–Trinajstić information content (AvgIpc) is 2.33. The molecule has 1 aromatic rings. The molecule has 1 heterocycles. The van der Waals surface area contributed by atoms with Gasteiger partial charge in [-0.1, -0.05) is 0 Å². The van der Waals surface area contributed by atoms with Crippen molar-refractivity contribution in [3.63, 3.8) is 0 Å². The van der Waals surface area contributed by atoms with Crippen molar-refractivity contribution in [1.82, 2.24) is 5.32 Å². The molecule has 1 atom stereocenters. The summed E-state index contributed by atoms with van der Waals surface area (Å²) in [7, 11) is 0. The van der Waals surface area contributed by atoms with E-state index < -0.39 is 0 Å². The van der Waals surface area contributed by atoms with E-state index in [1.807, 2.05) is 18.7 Å². The monoisotopic (exact) mass is 237 g/mol. The molecule has 3 heteroatoms. The summed E-state index contributed by atoms with van der Waals surface area (Å²) in [5.74, 6) is 0.966. The quantitative estimate of drug-likeness (QED) is 0.870. The van der Waals surface area contributed by atoms with E-state index in [4.69, 9.17) is 4.74 Å². The van der Waals surface area contributed by atoms with Gasteiger partial charge < -0.3 is 10.1 Å². The van der Waals surface area contributed by atoms with E-state index in [0.717, 1.165) is 24.2 Å². The molecule has 2 nitrogen and oxygen atoms in total. The highest BCUT2D eigenvalue weighted by atomic mass is 32.2. The van der Waals surface area contributed by atoms with Crippen molar-refractivity contribution >= 4 is 11.8 Å². The first-order valence-corrected chi connectivity index (χ1v) is 6.86. The molecule has 0 saturated carbocycles. The lowest BCUT2D eigenvalue weighted by molar-refractivity contribution is 0.340. The minimum absolute atomic E-state index is 0.728. The van der Waals surface area contributed by atoms with E-state index in [9.17, 15) is 0 Å². The molecule has 0 radical (unpaired) electrons. The molecule has 0 spiro atoms. The van der Waals surface area contributed by atoms with Crippen molar-refractivity contribution in [1.29, 1.82) is 0 Å². The molecule has 0 aromatic heterocycles. The van der Waals surface area contributed by atoms with E-state index >= 15 is 0 Å². The maximum atomic E-state index is 5.43. The lowest BCUT2D eigenvalue weighted by Gasteiger charge is -2.22. The van der Waals surface area contributed by atoms with Gasteiger partial charge in [-0.2, -0.15) is 0 Å². The van der Waals surface area contributed by atoms with Gasteiger partial charge in [0, 0.05) is 16.7 Å². The minimum Gasteiger partial charge on any atom is -0.494 e. The van der Waals surface area contributed by atoms with Crippen LogP contribution in [0.2, 0.25) is 0 Å². The molecule has 1 saturated heterocycles. The number of ether oxygens (including phenoxy) is 1. The minimum atomic E-state index is 0.728. The predicted octanol–water partition coefficient (Wildman–Crippen LogP) is 2.93. The van der Waals surface area contributed by atoms with Gasteiger partial charge in [0.05, 0.1) is 6.61 Å². The maximum absolute atomic E-state index is 5.43. The van der Waals surface area contributed by atoms with Crippen LogP contribution in [0.1, 0.15) is 19.8 Å². The lowest BCUT2D eigenvalue weighted by atomic mass is 10.2. The van der Waals surface area contributed by atoms with Crippen LogP contribution in [0.4, 0.5) is 0 Å². The molecule has 0 amide bonds. The van der Waals surface area contributed by atoms with Crippen molar-refractivity contribution in [2.75, 3.05) is 19.7 Å². The number of piperidine rings is 1. The Morgan fingerprint density at radius 3 is 2.81 bits per heavy atom. The first-order valence-electron chi connectivity index (χ1n) is 5.98. The summed E-state index contributed by atoms with van der Waals surface area (Å²) in [6.07, 6.45) is 2.62. The fourth-order valence-electron chi connectivity index (χ4n) is 1.89. The highest BCUT2D eigenvalue weighted by Gasteiger charge is 2.13. The first-order chi connectivity index (χ1) is 7.88. The fourth-order valence-corrected chi connectivity index (χ4v) is 3.06. The number of nitrogens with one attached hydrogen (secondary N) is 1. The smallest absolute Gasteiger partial charge is 0.119 e. The van der Waals surface area contributed by atoms with Crippen LogP contribution in [0.15, 0.2) is 29.2 Å². The highest BCUT2D eigenvalue weighted by molar-refractivity contribution is 8.00. The standard InChI is InChI=1S/C13H19NOS/c1-2-15-11-5-7-12(8-6-11)16-13-4-3-9-14-10-13/h5-8,13-14H,2-4,9-10H2,1H3. The molecule has 1 unspecified atom stereocenters. The summed E-state index contributed by atoms with van der Waals surface area (Å²) in [6, 6.07) is 8.43. The topological polar surface area (TPSA) is 21.3 Å². The van der Waals surface area contributed by atoms with E-state index in [1.54, 1.807) is 0 Å². The molecule has 0 bridgehead atoms. The van der Waals surface area contributed by atoms with Crippen LogP contribution in [0.25, 0.3) is 0 Å². The third-order valence-electron chi connectivity index (χ3n) is 2.69. The Morgan fingerprint density at radius 1 is 1.38 bits per heavy atom. The van der Waals surface area contributed by atoms with E-state index in [0.29, 0.717) is 0 Å². The second-order valence-corrected chi connectivity index (χ2v) is 5.36. The van der Waals surface area contributed by atoms with E-state index in [2.05, 4.69) is 29.6 Å². The number of hydrogen-bond donors (Lipinski definition) is 1. The van der Waals surface area contributed by atoms with Crippen molar-refractivity contribution in [3.05, 3.63) is 24.3 Å². The Morgan fingerprint density at radius 2 is 2.19 bits per heavy atom. The molecule has 1 aliphatic rings. The van der Waals surface area contributed by atoms with Crippen LogP contribution in [-0.2, 0) is 0 Å². The molecule has 88 valence electrons. The van der Waals surface area contributed by atoms with Gasteiger partial charge in [-0.05, 0) is 50.6 Å². The van der Waals surface area contributed by atoms with Crippen molar-refractivity contribution in [2.24, 2.45) is 0 Å². The summed E-state index contributed by atoms with van der Waals surface area (Å²) in [5, 5.41) is 4.17. The third kappa shape index (κ3) is 3.42. The van der Waals surface area contributed by atoms with Crippen LogP contribution in [0.3, 0.4) is 0 Å². The summed E-state index contributed by atoms with van der Waals surface area (Å²) in [4.78, 5) is 1.34. The highest BCUT2D eigenvalue weighted by Crippen LogP contribution is 2.28. The molecule has 0 aliphatic carbocycles. The van der Waals surface area contributed by atoms with Crippen LogP contribution < -0.4 is 10.1 Å². The van der Waals surface area contributed by atoms with Crippen LogP contribution >= 0.6 is 11.8 Å². The molecular formula is C13H19NOS. The molecular weight excluding hydrogens is 218 g/mol. The van der Waals surface area contributed by atoms with Gasteiger partial charge >= 0.3 is 0 Å². The predicted molar refractivity (Wildman–Crippen MR) is 69.4 cm³/mol. The number of thioether (sulfide) groups is 1. The van der Waals surface area contributed by atoms with Gasteiger partial charge in [0.15, 0.2) is 0 Å². The number of benzene rings is 1. The van der Waals surface area contributed by atoms with Gasteiger partial charge in [-0.25, -0.2) is 0 Å². The normalized spacial score (nSPS) is 20.7. The Labute approximate surface area is 102 Å². The Bertz CT molecular complexity index is 306. The van der Waals surface area contributed by atoms with Crippen LogP contribution in [0, 0.1) is 0 Å². The lowest BCUT2D eigenvalue weighted by Crippen LogP contribution is -2.31. The summed E-state index contributed by atoms with van der Waals surface area (Å²) in [5.41, 5.74) is 0. The molecule has 1 aliphatic heterocycles. The van der Waals surface area contributed by atoms with Crippen molar-refractivity contribution < 1.29 is 4.74 Å². The zero-order chi connectivity index (χ0) is 11.2. The van der Waals surface area contributed by atoms with Crippen molar-refractivity contribution in [2.45, 2.75) is 29.9 Å². The van der Waals surface area contributed by atoms with Gasteiger partial charge in [0.25, 0.3) is 0 Å². The second-order valence-electron chi connectivity index (χ2n) is 3.99. The van der Waals surface area contributed by atoms with Crippen LogP contribution in [0.5, 0.6) is 5.75 Å². The average molecular weight is 237 g/mol. The van der Waals surface area contributed by atoms with Gasteiger partial charge in [-0.3, -0.25) is 0 Å².